The number of ether oxygens (including phenoxy) is 3. The molecule has 0 amide bonds. The number of para-hydroxylation sites is 1. The molecule has 1 unspecified atom stereocenters. The van der Waals surface area contributed by atoms with Crippen molar-refractivity contribution in [3.8, 4) is 23.3 Å². The molecule has 0 fully saturated rings. The summed E-state index contributed by atoms with van der Waals surface area (Å²) in [5, 5.41) is 9.90. The first kappa shape index (κ1) is 23.9. The van der Waals surface area contributed by atoms with E-state index in [9.17, 15) is 10.1 Å². The number of carbonyl (C=O) groups is 1. The number of fused-ring (bicyclic) bond motifs is 1. The van der Waals surface area contributed by atoms with Crippen LogP contribution in [0.15, 0.2) is 78.2 Å². The fourth-order valence-electron chi connectivity index (χ4n) is 4.17. The number of allylic oxidation sites excluding steroid dienone is 1. The molecular formula is C29H28N2O4. The van der Waals surface area contributed by atoms with Crippen molar-refractivity contribution in [3.63, 3.8) is 0 Å². The van der Waals surface area contributed by atoms with Crippen LogP contribution in [0.5, 0.6) is 17.2 Å². The monoisotopic (exact) mass is 468 g/mol. The van der Waals surface area contributed by atoms with Crippen LogP contribution < -0.4 is 19.9 Å². The van der Waals surface area contributed by atoms with Gasteiger partial charge >= 0.3 is 5.97 Å². The molecule has 0 radical (unpaired) electrons. The van der Waals surface area contributed by atoms with Gasteiger partial charge in [-0.2, -0.15) is 5.26 Å². The highest BCUT2D eigenvalue weighted by molar-refractivity contribution is 5.92. The molecule has 0 bridgehead atoms. The molecule has 1 aliphatic rings. The lowest BCUT2D eigenvalue weighted by Crippen LogP contribution is -2.21. The zero-order chi connectivity index (χ0) is 24.8. The largest absolute Gasteiger partial charge is 0.493 e. The van der Waals surface area contributed by atoms with Gasteiger partial charge in [-0.05, 0) is 37.1 Å². The molecule has 1 atom stereocenters. The minimum absolute atomic E-state index is 0.0215. The summed E-state index contributed by atoms with van der Waals surface area (Å²) in [6.45, 7) is 4.59. The van der Waals surface area contributed by atoms with Gasteiger partial charge in [0.1, 0.15) is 28.9 Å². The van der Waals surface area contributed by atoms with E-state index in [1.807, 2.05) is 43.3 Å². The fraction of sp³-hybridized carbons (Fsp3) is 0.241. The van der Waals surface area contributed by atoms with E-state index >= 15 is 0 Å². The molecule has 4 rings (SSSR count). The van der Waals surface area contributed by atoms with Gasteiger partial charge in [0.05, 0.1) is 18.1 Å². The van der Waals surface area contributed by atoms with Crippen molar-refractivity contribution in [2.75, 3.05) is 6.61 Å². The number of rotatable bonds is 8. The Balaban J connectivity index is 1.67. The van der Waals surface area contributed by atoms with Crippen molar-refractivity contribution in [2.24, 2.45) is 5.73 Å². The van der Waals surface area contributed by atoms with Gasteiger partial charge in [0.15, 0.2) is 0 Å². The molecule has 0 aliphatic carbocycles. The molecular weight excluding hydrogens is 440 g/mol. The second-order valence-electron chi connectivity index (χ2n) is 8.42. The molecule has 0 spiro atoms. The molecule has 6 nitrogen and oxygen atoms in total. The lowest BCUT2D eigenvalue weighted by Gasteiger charge is -2.28. The molecule has 178 valence electrons. The average molecular weight is 469 g/mol. The third-order valence-electron chi connectivity index (χ3n) is 6.00. The zero-order valence-corrected chi connectivity index (χ0v) is 19.9. The molecule has 3 aromatic carbocycles. The molecule has 0 saturated heterocycles. The Morgan fingerprint density at radius 1 is 1.06 bits per heavy atom. The first-order valence-corrected chi connectivity index (χ1v) is 11.7. The number of aryl methyl sites for hydroxylation is 1. The fourth-order valence-corrected chi connectivity index (χ4v) is 4.17. The lowest BCUT2D eigenvalue weighted by molar-refractivity contribution is 0.0733. The quantitative estimate of drug-likeness (QED) is 0.247. The van der Waals surface area contributed by atoms with Crippen LogP contribution in [0.25, 0.3) is 0 Å². The molecule has 0 saturated carbocycles. The second kappa shape index (κ2) is 10.8. The Labute approximate surface area is 205 Å². The summed E-state index contributed by atoms with van der Waals surface area (Å²) < 4.78 is 17.5. The third-order valence-corrected chi connectivity index (χ3v) is 6.00. The zero-order valence-electron chi connectivity index (χ0n) is 19.9. The van der Waals surface area contributed by atoms with Crippen molar-refractivity contribution in [1.29, 1.82) is 5.26 Å². The molecule has 6 heteroatoms. The van der Waals surface area contributed by atoms with Gasteiger partial charge in [0.25, 0.3) is 0 Å². The number of esters is 1. The Kier molecular flexibility index (Phi) is 7.37. The predicted molar refractivity (Wildman–Crippen MR) is 133 cm³/mol. The summed E-state index contributed by atoms with van der Waals surface area (Å²) in [4.78, 5) is 12.7. The summed E-state index contributed by atoms with van der Waals surface area (Å²) in [5.74, 6) is 0.565. The number of nitrogens with two attached hydrogens (primary N) is 1. The van der Waals surface area contributed by atoms with Crippen molar-refractivity contribution in [2.45, 2.75) is 39.0 Å². The number of hydrogen-bond acceptors (Lipinski definition) is 6. The number of carbonyl (C=O) groups excluding carboxylic acids is 1. The first-order valence-electron chi connectivity index (χ1n) is 11.7. The van der Waals surface area contributed by atoms with E-state index in [0.29, 0.717) is 35.0 Å². The van der Waals surface area contributed by atoms with E-state index in [2.05, 4.69) is 13.0 Å². The molecule has 1 heterocycles. The van der Waals surface area contributed by atoms with Crippen LogP contribution in [0.1, 0.15) is 59.2 Å². The van der Waals surface area contributed by atoms with Crippen LogP contribution in [0.3, 0.4) is 0 Å². The standard InChI is InChI=1S/C29H28N2O4/c1-3-4-9-16-33-25-13-8-7-12-22(25)27-23-15-14-20(17-26(23)35-28(31)24(27)18-30)34-29(32)21-11-6-5-10-19(21)2/h5-8,10-15,17,27H,3-4,9,16,31H2,1-2H3. The summed E-state index contributed by atoms with van der Waals surface area (Å²) in [6.07, 6.45) is 3.14. The summed E-state index contributed by atoms with van der Waals surface area (Å²) in [5.41, 5.74) is 9.38. The number of nitrogens with zero attached hydrogens (tertiary/aromatic N) is 1. The van der Waals surface area contributed by atoms with Crippen LogP contribution in [0, 0.1) is 18.3 Å². The number of hydrogen-bond donors (Lipinski definition) is 1. The van der Waals surface area contributed by atoms with Gasteiger partial charge < -0.3 is 19.9 Å². The maximum atomic E-state index is 12.7. The summed E-state index contributed by atoms with van der Waals surface area (Å²) >= 11 is 0. The minimum atomic E-state index is -0.466. The van der Waals surface area contributed by atoms with Gasteiger partial charge in [-0.3, -0.25) is 0 Å². The van der Waals surface area contributed by atoms with Crippen LogP contribution in [-0.2, 0) is 0 Å². The van der Waals surface area contributed by atoms with E-state index in [0.717, 1.165) is 36.0 Å². The van der Waals surface area contributed by atoms with Crippen molar-refractivity contribution in [1.82, 2.24) is 0 Å². The van der Waals surface area contributed by atoms with Crippen molar-refractivity contribution in [3.05, 3.63) is 100 Å². The van der Waals surface area contributed by atoms with E-state index < -0.39 is 11.9 Å². The highest BCUT2D eigenvalue weighted by Gasteiger charge is 2.33. The van der Waals surface area contributed by atoms with Crippen LogP contribution >= 0.6 is 0 Å². The van der Waals surface area contributed by atoms with Gasteiger partial charge in [-0.1, -0.05) is 62.2 Å². The number of unbranched alkanes of at least 4 members (excludes halogenated alkanes) is 2. The molecule has 2 N–H and O–H groups in total. The lowest BCUT2D eigenvalue weighted by atomic mass is 9.83. The number of benzene rings is 3. The normalized spacial score (nSPS) is 14.5. The van der Waals surface area contributed by atoms with E-state index in [1.165, 1.54) is 0 Å². The first-order chi connectivity index (χ1) is 17.0. The van der Waals surface area contributed by atoms with Gasteiger partial charge in [0, 0.05) is 17.2 Å². The molecule has 0 aromatic heterocycles. The van der Waals surface area contributed by atoms with Crippen LogP contribution in [-0.4, -0.2) is 12.6 Å². The Morgan fingerprint density at radius 3 is 2.60 bits per heavy atom. The summed E-state index contributed by atoms with van der Waals surface area (Å²) in [6, 6.07) is 22.2. The highest BCUT2D eigenvalue weighted by Crippen LogP contribution is 2.46. The van der Waals surface area contributed by atoms with Gasteiger partial charge in [0.2, 0.25) is 5.88 Å². The van der Waals surface area contributed by atoms with Gasteiger partial charge in [-0.25, -0.2) is 4.79 Å². The van der Waals surface area contributed by atoms with E-state index in [1.54, 1.807) is 30.3 Å². The van der Waals surface area contributed by atoms with E-state index in [4.69, 9.17) is 19.9 Å². The highest BCUT2D eigenvalue weighted by atomic mass is 16.5. The maximum absolute atomic E-state index is 12.7. The van der Waals surface area contributed by atoms with E-state index in [-0.39, 0.29) is 5.88 Å². The SMILES string of the molecule is CCCCCOc1ccccc1C1C(C#N)=C(N)Oc2cc(OC(=O)c3ccccc3C)ccc21. The second-order valence-corrected chi connectivity index (χ2v) is 8.42. The predicted octanol–water partition coefficient (Wildman–Crippen LogP) is 6.00. The molecule has 35 heavy (non-hydrogen) atoms. The maximum Gasteiger partial charge on any atom is 0.343 e. The smallest absolute Gasteiger partial charge is 0.343 e. The van der Waals surface area contributed by atoms with Crippen molar-refractivity contribution < 1.29 is 19.0 Å². The number of nitriles is 1. The Hall–Kier alpha value is -4.24. The minimum Gasteiger partial charge on any atom is -0.493 e. The van der Waals surface area contributed by atoms with Gasteiger partial charge in [-0.15, -0.1) is 0 Å². The van der Waals surface area contributed by atoms with Crippen molar-refractivity contribution >= 4 is 5.97 Å². The topological polar surface area (TPSA) is 94.6 Å². The third kappa shape index (κ3) is 5.15. The Morgan fingerprint density at radius 2 is 1.83 bits per heavy atom. The Bertz CT molecular complexity index is 1310. The molecule has 1 aliphatic heterocycles. The average Bonchev–Trinajstić information content (AvgIpc) is 2.86. The summed E-state index contributed by atoms with van der Waals surface area (Å²) in [7, 11) is 0. The molecule has 3 aromatic rings. The van der Waals surface area contributed by atoms with Crippen LogP contribution in [0.2, 0.25) is 0 Å². The van der Waals surface area contributed by atoms with Crippen LogP contribution in [0.4, 0.5) is 0 Å².